The number of hydrogen-bond donors (Lipinski definition) is 1. The van der Waals surface area contributed by atoms with Crippen molar-refractivity contribution in [3.63, 3.8) is 0 Å². The molecule has 0 saturated heterocycles. The van der Waals surface area contributed by atoms with Gasteiger partial charge >= 0.3 is 0 Å². The number of benzene rings is 2. The molecule has 3 rings (SSSR count). The molecule has 1 aliphatic rings. The molecule has 7 nitrogen and oxygen atoms in total. The van der Waals surface area contributed by atoms with Crippen LogP contribution in [0.25, 0.3) is 0 Å². The average Bonchev–Trinajstić information content (AvgIpc) is 3.29. The number of halogens is 2. The summed E-state index contributed by atoms with van der Waals surface area (Å²) < 4.78 is 39.7. The van der Waals surface area contributed by atoms with Crippen LogP contribution in [-0.2, 0) is 26.2 Å². The molecule has 10 heteroatoms. The van der Waals surface area contributed by atoms with Crippen molar-refractivity contribution in [2.75, 3.05) is 17.1 Å². The second-order valence-corrected chi connectivity index (χ2v) is 11.4. The zero-order chi connectivity index (χ0) is 25.8. The smallest absolute Gasteiger partial charge is 0.244 e. The molecule has 0 aromatic heterocycles. The van der Waals surface area contributed by atoms with E-state index >= 15 is 0 Å². The van der Waals surface area contributed by atoms with Gasteiger partial charge < -0.3 is 10.2 Å². The summed E-state index contributed by atoms with van der Waals surface area (Å²) in [6.45, 7) is 3.13. The van der Waals surface area contributed by atoms with Gasteiger partial charge in [-0.25, -0.2) is 12.8 Å². The van der Waals surface area contributed by atoms with Crippen molar-refractivity contribution in [2.24, 2.45) is 0 Å². The van der Waals surface area contributed by atoms with Crippen LogP contribution >= 0.6 is 11.6 Å². The molecule has 35 heavy (non-hydrogen) atoms. The number of rotatable bonds is 9. The summed E-state index contributed by atoms with van der Waals surface area (Å²) in [4.78, 5) is 27.9. The molecule has 0 radical (unpaired) electrons. The topological polar surface area (TPSA) is 86.8 Å². The van der Waals surface area contributed by atoms with Gasteiger partial charge in [-0.2, -0.15) is 0 Å². The monoisotopic (exact) mass is 523 g/mol. The van der Waals surface area contributed by atoms with Crippen LogP contribution in [0, 0.1) is 12.7 Å². The zero-order valence-electron chi connectivity index (χ0n) is 20.1. The number of aryl methyl sites for hydroxylation is 1. The van der Waals surface area contributed by atoms with E-state index in [-0.39, 0.29) is 29.2 Å². The second-order valence-electron chi connectivity index (χ2n) is 9.04. The lowest BCUT2D eigenvalue weighted by Gasteiger charge is -2.32. The first-order chi connectivity index (χ1) is 16.5. The lowest BCUT2D eigenvalue weighted by atomic mass is 10.1. The predicted molar refractivity (Wildman–Crippen MR) is 135 cm³/mol. The number of carbonyl (C=O) groups is 2. The molecule has 0 spiro atoms. The Morgan fingerprint density at radius 1 is 1.17 bits per heavy atom. The van der Waals surface area contributed by atoms with Gasteiger partial charge in [-0.3, -0.25) is 13.9 Å². The van der Waals surface area contributed by atoms with Crippen LogP contribution in [0.2, 0.25) is 5.02 Å². The molecule has 190 valence electrons. The lowest BCUT2D eigenvalue weighted by Crippen LogP contribution is -2.52. The molecule has 0 bridgehead atoms. The molecule has 2 amide bonds. The summed E-state index contributed by atoms with van der Waals surface area (Å²) in [5, 5.41) is 2.76. The van der Waals surface area contributed by atoms with E-state index in [9.17, 15) is 22.4 Å². The Balaban J connectivity index is 1.89. The number of nitrogens with one attached hydrogen (secondary N) is 1. The maximum Gasteiger partial charge on any atom is 0.244 e. The molecule has 1 unspecified atom stereocenters. The van der Waals surface area contributed by atoms with E-state index in [1.807, 2.05) is 31.2 Å². The Kier molecular flexibility index (Phi) is 8.77. The fourth-order valence-electron chi connectivity index (χ4n) is 4.24. The number of hydrogen-bond acceptors (Lipinski definition) is 4. The number of anilines is 1. The van der Waals surface area contributed by atoms with Gasteiger partial charge in [0.1, 0.15) is 18.4 Å². The molecule has 1 fully saturated rings. The zero-order valence-corrected chi connectivity index (χ0v) is 21.7. The first-order valence-corrected chi connectivity index (χ1v) is 13.8. The van der Waals surface area contributed by atoms with Gasteiger partial charge in [-0.1, -0.05) is 54.3 Å². The van der Waals surface area contributed by atoms with Gasteiger partial charge in [0.05, 0.1) is 17.0 Å². The van der Waals surface area contributed by atoms with Gasteiger partial charge in [0.25, 0.3) is 0 Å². The second kappa shape index (κ2) is 11.4. The third-order valence-corrected chi connectivity index (χ3v) is 7.60. The van der Waals surface area contributed by atoms with Crippen LogP contribution in [0.5, 0.6) is 0 Å². The minimum atomic E-state index is -3.92. The molecule has 1 aliphatic carbocycles. The highest BCUT2D eigenvalue weighted by Crippen LogP contribution is 2.25. The molecular formula is C25H31ClFN3O4S. The molecule has 0 heterocycles. The number of carbonyl (C=O) groups excluding carboxylic acids is 2. The van der Waals surface area contributed by atoms with Crippen molar-refractivity contribution in [1.82, 2.24) is 10.2 Å². The van der Waals surface area contributed by atoms with E-state index in [0.29, 0.717) is 0 Å². The Bertz CT molecular complexity index is 1180. The van der Waals surface area contributed by atoms with Gasteiger partial charge in [0, 0.05) is 12.6 Å². The highest BCUT2D eigenvalue weighted by Gasteiger charge is 2.31. The lowest BCUT2D eigenvalue weighted by molar-refractivity contribution is -0.139. The van der Waals surface area contributed by atoms with Crippen LogP contribution in [-0.4, -0.2) is 50.0 Å². The first-order valence-electron chi connectivity index (χ1n) is 11.5. The van der Waals surface area contributed by atoms with E-state index in [1.165, 1.54) is 11.0 Å². The standard InChI is InChI=1S/C25H31ClFN3O4S/c1-17-7-6-8-19(13-17)15-29(18(2)25(32)28-20-9-4-5-10-20)24(31)16-30(35(3,33)34)21-11-12-23(27)22(26)14-21/h6-8,11-14,18,20H,4-5,9-10,15-16H2,1-3H3,(H,28,32). The van der Waals surface area contributed by atoms with E-state index in [4.69, 9.17) is 11.6 Å². The number of nitrogens with zero attached hydrogens (tertiary/aromatic N) is 2. The van der Waals surface area contributed by atoms with Crippen LogP contribution < -0.4 is 9.62 Å². The van der Waals surface area contributed by atoms with E-state index in [1.54, 1.807) is 6.92 Å². The summed E-state index contributed by atoms with van der Waals surface area (Å²) in [5.74, 6) is -1.55. The minimum absolute atomic E-state index is 0.0609. The van der Waals surface area contributed by atoms with Crippen LogP contribution in [0.15, 0.2) is 42.5 Å². The Hall–Kier alpha value is -2.65. The van der Waals surface area contributed by atoms with E-state index in [2.05, 4.69) is 5.32 Å². The summed E-state index contributed by atoms with van der Waals surface area (Å²) >= 11 is 5.86. The number of amides is 2. The Labute approximate surface area is 211 Å². The van der Waals surface area contributed by atoms with Gasteiger partial charge in [0.2, 0.25) is 21.8 Å². The summed E-state index contributed by atoms with van der Waals surface area (Å²) in [5.41, 5.74) is 1.87. The summed E-state index contributed by atoms with van der Waals surface area (Å²) in [6.07, 6.45) is 4.86. The minimum Gasteiger partial charge on any atom is -0.352 e. The molecule has 1 N–H and O–H groups in total. The molecule has 1 saturated carbocycles. The van der Waals surface area contributed by atoms with Gasteiger partial charge in [-0.15, -0.1) is 0 Å². The molecule has 2 aromatic carbocycles. The van der Waals surface area contributed by atoms with E-state index in [0.717, 1.165) is 59.5 Å². The molecule has 2 aromatic rings. The van der Waals surface area contributed by atoms with Crippen molar-refractivity contribution in [1.29, 1.82) is 0 Å². The van der Waals surface area contributed by atoms with E-state index < -0.39 is 34.3 Å². The fourth-order valence-corrected chi connectivity index (χ4v) is 5.25. The van der Waals surface area contributed by atoms with Gasteiger partial charge in [-0.05, 0) is 50.5 Å². The molecule has 1 atom stereocenters. The normalized spacial score (nSPS) is 15.0. The third-order valence-electron chi connectivity index (χ3n) is 6.17. The predicted octanol–water partition coefficient (Wildman–Crippen LogP) is 4.03. The SMILES string of the molecule is Cc1cccc(CN(C(=O)CN(c2ccc(F)c(Cl)c2)S(C)(=O)=O)C(C)C(=O)NC2CCCC2)c1. The Morgan fingerprint density at radius 2 is 1.86 bits per heavy atom. The summed E-state index contributed by atoms with van der Waals surface area (Å²) in [6, 6.07) is 10.2. The highest BCUT2D eigenvalue weighted by atomic mass is 35.5. The van der Waals surface area contributed by atoms with Crippen molar-refractivity contribution in [3.8, 4) is 0 Å². The highest BCUT2D eigenvalue weighted by molar-refractivity contribution is 7.92. The summed E-state index contributed by atoms with van der Waals surface area (Å²) in [7, 11) is -3.92. The van der Waals surface area contributed by atoms with Crippen molar-refractivity contribution >= 4 is 39.1 Å². The fraction of sp³-hybridized carbons (Fsp3) is 0.440. The maximum absolute atomic E-state index is 13.7. The largest absolute Gasteiger partial charge is 0.352 e. The maximum atomic E-state index is 13.7. The van der Waals surface area contributed by atoms with Crippen molar-refractivity contribution < 1.29 is 22.4 Å². The molecule has 0 aliphatic heterocycles. The average molecular weight is 524 g/mol. The van der Waals surface area contributed by atoms with Crippen LogP contribution in [0.3, 0.4) is 0 Å². The third kappa shape index (κ3) is 7.18. The Morgan fingerprint density at radius 3 is 2.46 bits per heavy atom. The van der Waals surface area contributed by atoms with Crippen molar-refractivity contribution in [3.05, 3.63) is 64.4 Å². The van der Waals surface area contributed by atoms with Crippen molar-refractivity contribution in [2.45, 2.75) is 58.2 Å². The molecular weight excluding hydrogens is 493 g/mol. The number of sulfonamides is 1. The first kappa shape index (κ1) is 26.9. The van der Waals surface area contributed by atoms with Crippen LogP contribution in [0.4, 0.5) is 10.1 Å². The van der Waals surface area contributed by atoms with Crippen LogP contribution in [0.1, 0.15) is 43.7 Å². The van der Waals surface area contributed by atoms with Gasteiger partial charge in [0.15, 0.2) is 0 Å². The quantitative estimate of drug-likeness (QED) is 0.537.